The molecule has 1 unspecified atom stereocenters. The number of unbranched alkanes of at least 4 members (excludes halogenated alkanes) is 2. The molecule has 1 atom stereocenters. The van der Waals surface area contributed by atoms with Crippen LogP contribution >= 0.6 is 15.9 Å². The van der Waals surface area contributed by atoms with Crippen molar-refractivity contribution in [2.24, 2.45) is 0 Å². The van der Waals surface area contributed by atoms with Crippen LogP contribution in [0.4, 0.5) is 11.5 Å². The van der Waals surface area contributed by atoms with Crippen LogP contribution in [0.25, 0.3) is 0 Å². The quantitative estimate of drug-likeness (QED) is 0.456. The number of aromatic nitrogens is 1. The third-order valence-electron chi connectivity index (χ3n) is 3.06. The Morgan fingerprint density at radius 1 is 1.53 bits per heavy atom. The lowest BCUT2D eigenvalue weighted by Gasteiger charge is -2.16. The van der Waals surface area contributed by atoms with Gasteiger partial charge in [0.25, 0.3) is 5.69 Å². The second-order valence-electron chi connectivity index (χ2n) is 4.73. The smallest absolute Gasteiger partial charge is 0.291 e. The molecule has 0 aromatic carbocycles. The zero-order valence-electron chi connectivity index (χ0n) is 11.6. The average molecular weight is 330 g/mol. The summed E-state index contributed by atoms with van der Waals surface area (Å²) < 4.78 is 0.670. The van der Waals surface area contributed by atoms with Gasteiger partial charge in [0.05, 0.1) is 9.40 Å². The Kier molecular flexibility index (Phi) is 6.21. The van der Waals surface area contributed by atoms with Gasteiger partial charge in [0, 0.05) is 11.6 Å². The maximum Gasteiger partial charge on any atom is 0.291 e. The lowest BCUT2D eigenvalue weighted by molar-refractivity contribution is -0.385. The van der Waals surface area contributed by atoms with Crippen molar-refractivity contribution < 1.29 is 4.92 Å². The van der Waals surface area contributed by atoms with E-state index < -0.39 is 4.92 Å². The summed E-state index contributed by atoms with van der Waals surface area (Å²) in [6, 6.07) is 0.302. The van der Waals surface area contributed by atoms with E-state index in [-0.39, 0.29) is 5.69 Å². The largest absolute Gasteiger partial charge is 0.367 e. The molecule has 0 amide bonds. The first-order valence-corrected chi connectivity index (χ1v) is 7.32. The van der Waals surface area contributed by atoms with Gasteiger partial charge in [0.2, 0.25) is 0 Å². The first-order chi connectivity index (χ1) is 8.97. The van der Waals surface area contributed by atoms with Gasteiger partial charge in [-0.2, -0.15) is 0 Å². The van der Waals surface area contributed by atoms with Crippen molar-refractivity contribution in [2.75, 3.05) is 5.32 Å². The van der Waals surface area contributed by atoms with E-state index in [1.165, 1.54) is 25.5 Å². The molecule has 5 nitrogen and oxygen atoms in total. The third-order valence-corrected chi connectivity index (χ3v) is 4.03. The highest BCUT2D eigenvalue weighted by Crippen LogP contribution is 2.31. The molecule has 1 aromatic heterocycles. The molecule has 106 valence electrons. The lowest BCUT2D eigenvalue weighted by Crippen LogP contribution is -2.16. The van der Waals surface area contributed by atoms with Gasteiger partial charge in [-0.3, -0.25) is 10.1 Å². The van der Waals surface area contributed by atoms with E-state index in [0.29, 0.717) is 21.9 Å². The third kappa shape index (κ3) is 4.45. The van der Waals surface area contributed by atoms with Crippen molar-refractivity contribution in [3.63, 3.8) is 0 Å². The molecule has 6 heteroatoms. The molecule has 1 N–H and O–H groups in total. The number of nitrogens with zero attached hydrogens (tertiary/aromatic N) is 2. The molecule has 0 aliphatic carbocycles. The normalized spacial score (nSPS) is 12.2. The van der Waals surface area contributed by atoms with E-state index in [1.807, 2.05) is 0 Å². The van der Waals surface area contributed by atoms with Crippen LogP contribution < -0.4 is 5.32 Å². The first-order valence-electron chi connectivity index (χ1n) is 6.53. The molecule has 0 saturated carbocycles. The highest BCUT2D eigenvalue weighted by molar-refractivity contribution is 9.10. The van der Waals surface area contributed by atoms with Gasteiger partial charge < -0.3 is 5.32 Å². The number of halogens is 1. The van der Waals surface area contributed by atoms with Crippen molar-refractivity contribution in [3.05, 3.63) is 26.3 Å². The molecule has 0 bridgehead atoms. The predicted molar refractivity (Wildman–Crippen MR) is 80.6 cm³/mol. The van der Waals surface area contributed by atoms with Crippen LogP contribution in [0, 0.1) is 17.0 Å². The van der Waals surface area contributed by atoms with Crippen molar-refractivity contribution in [3.8, 4) is 0 Å². The van der Waals surface area contributed by atoms with E-state index in [9.17, 15) is 10.1 Å². The summed E-state index contributed by atoms with van der Waals surface area (Å²) in [5, 5.41) is 14.1. The van der Waals surface area contributed by atoms with E-state index in [2.05, 4.69) is 40.1 Å². The van der Waals surface area contributed by atoms with E-state index >= 15 is 0 Å². The molecule has 0 aliphatic heterocycles. The molecule has 0 radical (unpaired) electrons. The van der Waals surface area contributed by atoms with Crippen LogP contribution in [0.3, 0.4) is 0 Å². The fraction of sp³-hybridized carbons (Fsp3) is 0.615. The Balaban J connectivity index is 2.74. The van der Waals surface area contributed by atoms with Gasteiger partial charge in [-0.1, -0.05) is 26.2 Å². The van der Waals surface area contributed by atoms with Crippen LogP contribution in [0.1, 0.15) is 45.1 Å². The van der Waals surface area contributed by atoms with Crippen molar-refractivity contribution >= 4 is 27.4 Å². The fourth-order valence-electron chi connectivity index (χ4n) is 1.86. The Hall–Kier alpha value is -1.17. The van der Waals surface area contributed by atoms with Crippen LogP contribution in [-0.4, -0.2) is 15.9 Å². The van der Waals surface area contributed by atoms with Crippen molar-refractivity contribution in [2.45, 2.75) is 52.5 Å². The summed E-state index contributed by atoms with van der Waals surface area (Å²) in [6.45, 7) is 5.99. The molecule has 1 rings (SSSR count). The summed E-state index contributed by atoms with van der Waals surface area (Å²) in [4.78, 5) is 14.5. The van der Waals surface area contributed by atoms with E-state index in [0.717, 1.165) is 6.42 Å². The summed E-state index contributed by atoms with van der Waals surface area (Å²) >= 11 is 3.38. The minimum atomic E-state index is -0.415. The van der Waals surface area contributed by atoms with Crippen LogP contribution in [0.2, 0.25) is 0 Å². The number of hydrogen-bond donors (Lipinski definition) is 1. The highest BCUT2D eigenvalue weighted by atomic mass is 79.9. The SMILES string of the molecule is CCCCCC(C)Nc1ncc([N+](=O)[O-])c(C)c1Br. The van der Waals surface area contributed by atoms with Gasteiger partial charge in [0.15, 0.2) is 0 Å². The van der Waals surface area contributed by atoms with Crippen LogP contribution in [0.15, 0.2) is 10.7 Å². The topological polar surface area (TPSA) is 68.1 Å². The fourth-order valence-corrected chi connectivity index (χ4v) is 2.28. The number of anilines is 1. The highest BCUT2D eigenvalue weighted by Gasteiger charge is 2.17. The van der Waals surface area contributed by atoms with Crippen molar-refractivity contribution in [1.29, 1.82) is 0 Å². The molecule has 0 spiro atoms. The van der Waals surface area contributed by atoms with Gasteiger partial charge >= 0.3 is 0 Å². The number of rotatable bonds is 7. The summed E-state index contributed by atoms with van der Waals surface area (Å²) in [7, 11) is 0. The minimum absolute atomic E-state index is 0.0380. The summed E-state index contributed by atoms with van der Waals surface area (Å²) in [6.07, 6.45) is 5.97. The van der Waals surface area contributed by atoms with Crippen LogP contribution in [0.5, 0.6) is 0 Å². The zero-order chi connectivity index (χ0) is 14.4. The zero-order valence-corrected chi connectivity index (χ0v) is 13.2. The second kappa shape index (κ2) is 7.43. The standard InChI is InChI=1S/C13H20BrN3O2/c1-4-5-6-7-9(2)16-13-12(14)10(3)11(8-15-13)17(18)19/h8-9H,4-7H2,1-3H3,(H,15,16). The van der Waals surface area contributed by atoms with Crippen molar-refractivity contribution in [1.82, 2.24) is 4.98 Å². The number of hydrogen-bond acceptors (Lipinski definition) is 4. The molecule has 1 aromatic rings. The molecular weight excluding hydrogens is 310 g/mol. The van der Waals surface area contributed by atoms with Gasteiger partial charge in [-0.15, -0.1) is 0 Å². The lowest BCUT2D eigenvalue weighted by atomic mass is 10.1. The summed E-state index contributed by atoms with van der Waals surface area (Å²) in [5.41, 5.74) is 0.638. The monoisotopic (exact) mass is 329 g/mol. The van der Waals surface area contributed by atoms with E-state index in [4.69, 9.17) is 0 Å². The van der Waals surface area contributed by atoms with Gasteiger partial charge in [-0.05, 0) is 36.2 Å². The molecule has 0 saturated heterocycles. The Morgan fingerprint density at radius 3 is 2.79 bits per heavy atom. The molecule has 1 heterocycles. The van der Waals surface area contributed by atoms with Gasteiger partial charge in [0.1, 0.15) is 12.0 Å². The maximum atomic E-state index is 10.8. The number of pyridine rings is 1. The van der Waals surface area contributed by atoms with Gasteiger partial charge in [-0.25, -0.2) is 4.98 Å². The minimum Gasteiger partial charge on any atom is -0.367 e. The number of nitrogens with one attached hydrogen (secondary N) is 1. The molecule has 0 aliphatic rings. The predicted octanol–water partition coefficient (Wildman–Crippen LogP) is 4.44. The second-order valence-corrected chi connectivity index (χ2v) is 5.52. The molecular formula is C13H20BrN3O2. The number of nitro groups is 1. The Labute approximate surface area is 122 Å². The first kappa shape index (κ1) is 15.9. The Morgan fingerprint density at radius 2 is 2.21 bits per heavy atom. The van der Waals surface area contributed by atoms with Crippen LogP contribution in [-0.2, 0) is 0 Å². The molecule has 0 fully saturated rings. The van der Waals surface area contributed by atoms with E-state index in [1.54, 1.807) is 6.92 Å². The maximum absolute atomic E-state index is 10.8. The Bertz CT molecular complexity index is 452. The average Bonchev–Trinajstić information content (AvgIpc) is 2.35. The summed E-state index contributed by atoms with van der Waals surface area (Å²) in [5.74, 6) is 0.673. The molecule has 19 heavy (non-hydrogen) atoms.